The second-order valence-corrected chi connectivity index (χ2v) is 7.15. The van der Waals surface area contributed by atoms with Crippen molar-refractivity contribution in [1.82, 2.24) is 10.2 Å². The number of piperidine rings is 1. The number of hydrogen-bond donors (Lipinski definition) is 1. The van der Waals surface area contributed by atoms with E-state index in [1.807, 2.05) is 0 Å². The molecular weight excluding hydrogens is 260 g/mol. The van der Waals surface area contributed by atoms with E-state index >= 15 is 0 Å². The molecule has 0 radical (unpaired) electrons. The van der Waals surface area contributed by atoms with Crippen LogP contribution in [0, 0.1) is 18.8 Å². The lowest BCUT2D eigenvalue weighted by molar-refractivity contribution is 0.106. The Morgan fingerprint density at radius 1 is 1.38 bits per heavy atom. The van der Waals surface area contributed by atoms with E-state index in [9.17, 15) is 0 Å². The maximum Gasteiger partial charge on any atom is 0.118 e. The molecule has 120 valence electrons. The summed E-state index contributed by atoms with van der Waals surface area (Å²) in [7, 11) is 0. The largest absolute Gasteiger partial charge is 0.465 e. The van der Waals surface area contributed by atoms with Crippen LogP contribution in [0.2, 0.25) is 0 Å². The van der Waals surface area contributed by atoms with Gasteiger partial charge in [-0.05, 0) is 57.7 Å². The highest BCUT2D eigenvalue weighted by Gasteiger charge is 2.25. The molecule has 0 amide bonds. The van der Waals surface area contributed by atoms with E-state index in [1.165, 1.54) is 24.9 Å². The standard InChI is InChI=1S/C18H32N2O/c1-13(2)10-19-11-18-9-17(16(5)21-18)12-20-8-6-7-14(3)15(20)4/h9,13-15,19H,6-8,10-12H2,1-5H3. The maximum atomic E-state index is 5.91. The number of aryl methyl sites for hydroxylation is 1. The van der Waals surface area contributed by atoms with Crippen LogP contribution in [0.1, 0.15) is 57.6 Å². The van der Waals surface area contributed by atoms with E-state index in [0.717, 1.165) is 37.1 Å². The minimum absolute atomic E-state index is 0.676. The lowest BCUT2D eigenvalue weighted by Crippen LogP contribution is -2.41. The minimum atomic E-state index is 0.676. The average molecular weight is 292 g/mol. The summed E-state index contributed by atoms with van der Waals surface area (Å²) in [5, 5.41) is 3.45. The Hall–Kier alpha value is -0.800. The van der Waals surface area contributed by atoms with Gasteiger partial charge in [0.1, 0.15) is 11.5 Å². The van der Waals surface area contributed by atoms with Crippen molar-refractivity contribution >= 4 is 0 Å². The summed E-state index contributed by atoms with van der Waals surface area (Å²) in [6.45, 7) is 15.4. The molecule has 1 aliphatic heterocycles. The van der Waals surface area contributed by atoms with Crippen LogP contribution in [-0.2, 0) is 13.1 Å². The van der Waals surface area contributed by atoms with Crippen molar-refractivity contribution in [3.63, 3.8) is 0 Å². The van der Waals surface area contributed by atoms with Gasteiger partial charge in [-0.15, -0.1) is 0 Å². The summed E-state index contributed by atoms with van der Waals surface area (Å²) in [5.74, 6) is 3.64. The molecule has 2 atom stereocenters. The fraction of sp³-hybridized carbons (Fsp3) is 0.778. The lowest BCUT2D eigenvalue weighted by Gasteiger charge is -2.37. The van der Waals surface area contributed by atoms with Gasteiger partial charge >= 0.3 is 0 Å². The molecular formula is C18H32N2O. The fourth-order valence-electron chi connectivity index (χ4n) is 3.18. The van der Waals surface area contributed by atoms with Gasteiger partial charge in [0.25, 0.3) is 0 Å². The molecule has 2 rings (SSSR count). The highest BCUT2D eigenvalue weighted by molar-refractivity contribution is 5.21. The molecule has 1 N–H and O–H groups in total. The zero-order chi connectivity index (χ0) is 15.4. The second-order valence-electron chi connectivity index (χ2n) is 7.15. The highest BCUT2D eigenvalue weighted by atomic mass is 16.3. The van der Waals surface area contributed by atoms with Crippen molar-refractivity contribution in [1.29, 1.82) is 0 Å². The van der Waals surface area contributed by atoms with Crippen molar-refractivity contribution in [2.75, 3.05) is 13.1 Å². The van der Waals surface area contributed by atoms with Gasteiger partial charge in [0, 0.05) is 18.2 Å². The Labute approximate surface area is 130 Å². The molecule has 2 heterocycles. The third kappa shape index (κ3) is 4.58. The van der Waals surface area contributed by atoms with Gasteiger partial charge in [-0.2, -0.15) is 0 Å². The van der Waals surface area contributed by atoms with Gasteiger partial charge < -0.3 is 9.73 Å². The van der Waals surface area contributed by atoms with Crippen molar-refractivity contribution in [3.05, 3.63) is 23.2 Å². The molecule has 2 unspecified atom stereocenters. The zero-order valence-electron chi connectivity index (χ0n) is 14.4. The van der Waals surface area contributed by atoms with Crippen LogP contribution in [0.25, 0.3) is 0 Å². The van der Waals surface area contributed by atoms with Crippen LogP contribution in [0.4, 0.5) is 0 Å². The number of likely N-dealkylation sites (tertiary alicyclic amines) is 1. The Morgan fingerprint density at radius 3 is 2.86 bits per heavy atom. The lowest BCUT2D eigenvalue weighted by atomic mass is 9.92. The molecule has 1 aliphatic rings. The molecule has 1 saturated heterocycles. The van der Waals surface area contributed by atoms with Gasteiger partial charge in [-0.25, -0.2) is 0 Å². The third-order valence-corrected chi connectivity index (χ3v) is 4.80. The summed E-state index contributed by atoms with van der Waals surface area (Å²) in [6, 6.07) is 2.92. The maximum absolute atomic E-state index is 5.91. The summed E-state index contributed by atoms with van der Waals surface area (Å²) >= 11 is 0. The van der Waals surface area contributed by atoms with Crippen LogP contribution in [0.3, 0.4) is 0 Å². The monoisotopic (exact) mass is 292 g/mol. The molecule has 0 aliphatic carbocycles. The fourth-order valence-corrected chi connectivity index (χ4v) is 3.18. The van der Waals surface area contributed by atoms with E-state index in [2.05, 4.69) is 50.9 Å². The summed E-state index contributed by atoms with van der Waals surface area (Å²) in [4.78, 5) is 2.61. The Kier molecular flexibility index (Phi) is 5.88. The van der Waals surface area contributed by atoms with Gasteiger partial charge in [-0.1, -0.05) is 20.8 Å². The van der Waals surface area contributed by atoms with Crippen LogP contribution in [0.15, 0.2) is 10.5 Å². The number of nitrogens with one attached hydrogen (secondary N) is 1. The van der Waals surface area contributed by atoms with Gasteiger partial charge in [0.05, 0.1) is 6.54 Å². The van der Waals surface area contributed by atoms with E-state index in [-0.39, 0.29) is 0 Å². The first-order valence-corrected chi connectivity index (χ1v) is 8.50. The molecule has 3 heteroatoms. The number of nitrogens with zero attached hydrogens (tertiary/aromatic N) is 1. The zero-order valence-corrected chi connectivity index (χ0v) is 14.4. The van der Waals surface area contributed by atoms with E-state index in [1.54, 1.807) is 0 Å². The first kappa shape index (κ1) is 16.6. The van der Waals surface area contributed by atoms with E-state index in [0.29, 0.717) is 12.0 Å². The van der Waals surface area contributed by atoms with Crippen LogP contribution < -0.4 is 5.32 Å². The van der Waals surface area contributed by atoms with Crippen molar-refractivity contribution in [3.8, 4) is 0 Å². The van der Waals surface area contributed by atoms with Crippen molar-refractivity contribution < 1.29 is 4.42 Å². The summed E-state index contributed by atoms with van der Waals surface area (Å²) in [6.07, 6.45) is 2.69. The first-order chi connectivity index (χ1) is 9.97. The highest BCUT2D eigenvalue weighted by Crippen LogP contribution is 2.26. The van der Waals surface area contributed by atoms with Gasteiger partial charge in [0.15, 0.2) is 0 Å². The summed E-state index contributed by atoms with van der Waals surface area (Å²) in [5.41, 5.74) is 1.36. The van der Waals surface area contributed by atoms with Crippen LogP contribution in [-0.4, -0.2) is 24.0 Å². The van der Waals surface area contributed by atoms with E-state index in [4.69, 9.17) is 4.42 Å². The molecule has 1 aromatic heterocycles. The average Bonchev–Trinajstić information content (AvgIpc) is 2.75. The smallest absolute Gasteiger partial charge is 0.118 e. The SMILES string of the molecule is Cc1oc(CNCC(C)C)cc1CN1CCCC(C)C1C. The van der Waals surface area contributed by atoms with Crippen molar-refractivity contribution in [2.45, 2.75) is 66.6 Å². The quantitative estimate of drug-likeness (QED) is 0.860. The van der Waals surface area contributed by atoms with Gasteiger partial charge in [0.2, 0.25) is 0 Å². The normalized spacial score (nSPS) is 23.9. The number of hydrogen-bond acceptors (Lipinski definition) is 3. The molecule has 0 bridgehead atoms. The number of rotatable bonds is 6. The Bertz CT molecular complexity index is 438. The van der Waals surface area contributed by atoms with Gasteiger partial charge in [-0.3, -0.25) is 4.90 Å². The topological polar surface area (TPSA) is 28.4 Å². The number of furan rings is 1. The predicted octanol–water partition coefficient (Wildman–Crippen LogP) is 3.95. The third-order valence-electron chi connectivity index (χ3n) is 4.80. The predicted molar refractivity (Wildman–Crippen MR) is 88.3 cm³/mol. The Morgan fingerprint density at radius 2 is 2.14 bits per heavy atom. The summed E-state index contributed by atoms with van der Waals surface area (Å²) < 4.78 is 5.91. The van der Waals surface area contributed by atoms with E-state index < -0.39 is 0 Å². The molecule has 0 saturated carbocycles. The second kappa shape index (κ2) is 7.46. The molecule has 3 nitrogen and oxygen atoms in total. The van der Waals surface area contributed by atoms with Crippen LogP contribution >= 0.6 is 0 Å². The molecule has 0 spiro atoms. The van der Waals surface area contributed by atoms with Crippen LogP contribution in [0.5, 0.6) is 0 Å². The molecule has 1 fully saturated rings. The first-order valence-electron chi connectivity index (χ1n) is 8.50. The molecule has 0 aromatic carbocycles. The minimum Gasteiger partial charge on any atom is -0.465 e. The molecule has 21 heavy (non-hydrogen) atoms. The Balaban J connectivity index is 1.92. The van der Waals surface area contributed by atoms with Crippen molar-refractivity contribution in [2.24, 2.45) is 11.8 Å². The molecule has 1 aromatic rings.